The van der Waals surface area contributed by atoms with Crippen LogP contribution in [-0.4, -0.2) is 30.7 Å². The van der Waals surface area contributed by atoms with Gasteiger partial charge in [-0.2, -0.15) is 4.68 Å². The van der Waals surface area contributed by atoms with Crippen LogP contribution in [0.3, 0.4) is 0 Å². The SMILES string of the molecule is Cc1nnnn1-c1cccc(NC(=O)[C@H](CC(C)C)n2cccc2)c1. The highest BCUT2D eigenvalue weighted by molar-refractivity contribution is 5.94. The normalized spacial score (nSPS) is 12.3. The van der Waals surface area contributed by atoms with Gasteiger partial charge in [0, 0.05) is 18.1 Å². The van der Waals surface area contributed by atoms with Crippen molar-refractivity contribution in [2.45, 2.75) is 33.2 Å². The molecule has 3 rings (SSSR count). The van der Waals surface area contributed by atoms with Crippen LogP contribution in [0, 0.1) is 12.8 Å². The van der Waals surface area contributed by atoms with Crippen LogP contribution < -0.4 is 5.32 Å². The average Bonchev–Trinajstić information content (AvgIpc) is 3.24. The number of benzene rings is 1. The molecule has 0 aliphatic rings. The van der Waals surface area contributed by atoms with Crippen LogP contribution in [0.15, 0.2) is 48.8 Å². The zero-order valence-electron chi connectivity index (χ0n) is 14.6. The van der Waals surface area contributed by atoms with Crippen molar-refractivity contribution in [3.63, 3.8) is 0 Å². The van der Waals surface area contributed by atoms with Gasteiger partial charge in [-0.1, -0.05) is 19.9 Å². The Hall–Kier alpha value is -2.96. The summed E-state index contributed by atoms with van der Waals surface area (Å²) in [5.74, 6) is 1.07. The minimum absolute atomic E-state index is 0.0320. The maximum absolute atomic E-state index is 12.8. The Morgan fingerprint density at radius 3 is 2.60 bits per heavy atom. The van der Waals surface area contributed by atoms with Crippen molar-refractivity contribution in [1.82, 2.24) is 24.8 Å². The standard InChI is InChI=1S/C18H22N6O/c1-13(2)11-17(23-9-4-5-10-23)18(25)19-15-7-6-8-16(12-15)24-14(3)20-21-22-24/h4-10,12-13,17H,11H2,1-3H3,(H,19,25)/t17-/m0/s1. The second kappa shape index (κ2) is 7.29. The number of nitrogens with zero attached hydrogens (tertiary/aromatic N) is 5. The number of hydrogen-bond donors (Lipinski definition) is 1. The third-order valence-electron chi connectivity index (χ3n) is 3.97. The van der Waals surface area contributed by atoms with Crippen molar-refractivity contribution in [3.8, 4) is 5.69 Å². The zero-order chi connectivity index (χ0) is 17.8. The molecule has 7 heteroatoms. The summed E-state index contributed by atoms with van der Waals surface area (Å²) in [4.78, 5) is 12.8. The average molecular weight is 338 g/mol. The summed E-state index contributed by atoms with van der Waals surface area (Å²) < 4.78 is 3.58. The van der Waals surface area contributed by atoms with Crippen molar-refractivity contribution in [2.24, 2.45) is 5.92 Å². The summed E-state index contributed by atoms with van der Waals surface area (Å²) in [5, 5.41) is 14.5. The third kappa shape index (κ3) is 3.93. The predicted octanol–water partition coefficient (Wildman–Crippen LogP) is 3.00. The molecule has 25 heavy (non-hydrogen) atoms. The van der Waals surface area contributed by atoms with Crippen LogP contribution in [0.1, 0.15) is 32.1 Å². The lowest BCUT2D eigenvalue weighted by atomic mass is 10.0. The first-order valence-electron chi connectivity index (χ1n) is 8.33. The van der Waals surface area contributed by atoms with Gasteiger partial charge in [-0.25, -0.2) is 0 Å². The quantitative estimate of drug-likeness (QED) is 0.749. The summed E-state index contributed by atoms with van der Waals surface area (Å²) in [6.07, 6.45) is 4.62. The molecule has 1 aromatic carbocycles. The molecule has 0 saturated carbocycles. The monoisotopic (exact) mass is 338 g/mol. The van der Waals surface area contributed by atoms with E-state index in [2.05, 4.69) is 34.7 Å². The number of nitrogens with one attached hydrogen (secondary N) is 1. The first-order valence-corrected chi connectivity index (χ1v) is 8.33. The van der Waals surface area contributed by atoms with Crippen molar-refractivity contribution < 1.29 is 4.79 Å². The summed E-state index contributed by atoms with van der Waals surface area (Å²) in [7, 11) is 0. The summed E-state index contributed by atoms with van der Waals surface area (Å²) in [6.45, 7) is 6.06. The van der Waals surface area contributed by atoms with Gasteiger partial charge in [-0.05, 0) is 60.0 Å². The maximum Gasteiger partial charge on any atom is 0.247 e. The Morgan fingerprint density at radius 1 is 1.20 bits per heavy atom. The molecule has 2 aromatic heterocycles. The molecule has 0 radical (unpaired) electrons. The van der Waals surface area contributed by atoms with Gasteiger partial charge < -0.3 is 9.88 Å². The van der Waals surface area contributed by atoms with Crippen molar-refractivity contribution in [2.75, 3.05) is 5.32 Å². The van der Waals surface area contributed by atoms with E-state index in [1.807, 2.05) is 60.3 Å². The van der Waals surface area contributed by atoms with Crippen molar-refractivity contribution >= 4 is 11.6 Å². The Labute approximate surface area is 146 Å². The Balaban J connectivity index is 1.81. The van der Waals surface area contributed by atoms with Crippen molar-refractivity contribution in [1.29, 1.82) is 0 Å². The van der Waals surface area contributed by atoms with Crippen molar-refractivity contribution in [3.05, 3.63) is 54.6 Å². The number of anilines is 1. The van der Waals surface area contributed by atoms with Gasteiger partial charge in [0.1, 0.15) is 6.04 Å². The highest BCUT2D eigenvalue weighted by Gasteiger charge is 2.21. The summed E-state index contributed by atoms with van der Waals surface area (Å²) >= 11 is 0. The van der Waals surface area contributed by atoms with Gasteiger partial charge in [0.25, 0.3) is 0 Å². The number of carbonyl (C=O) groups is 1. The molecule has 0 saturated heterocycles. The fourth-order valence-corrected chi connectivity index (χ4v) is 2.78. The van der Waals surface area contributed by atoms with Crippen LogP contribution in [-0.2, 0) is 4.79 Å². The smallest absolute Gasteiger partial charge is 0.247 e. The topological polar surface area (TPSA) is 77.6 Å². The van der Waals surface area contributed by atoms with Gasteiger partial charge in [0.2, 0.25) is 5.91 Å². The van der Waals surface area contributed by atoms with Gasteiger partial charge in [-0.15, -0.1) is 5.10 Å². The van der Waals surface area contributed by atoms with E-state index in [1.165, 1.54) is 0 Å². The van der Waals surface area contributed by atoms with Crippen LogP contribution in [0.2, 0.25) is 0 Å². The minimum Gasteiger partial charge on any atom is -0.342 e. The highest BCUT2D eigenvalue weighted by Crippen LogP contribution is 2.21. The van der Waals surface area contributed by atoms with E-state index in [0.29, 0.717) is 11.7 Å². The fourth-order valence-electron chi connectivity index (χ4n) is 2.78. The number of aromatic nitrogens is 5. The van der Waals surface area contributed by atoms with E-state index in [-0.39, 0.29) is 11.9 Å². The molecule has 0 unspecified atom stereocenters. The number of carbonyl (C=O) groups excluding carboxylic acids is 1. The predicted molar refractivity (Wildman–Crippen MR) is 95.4 cm³/mol. The Bertz CT molecular complexity index is 837. The second-order valence-corrected chi connectivity index (χ2v) is 6.45. The fraction of sp³-hybridized carbons (Fsp3) is 0.333. The van der Waals surface area contributed by atoms with Gasteiger partial charge in [0.05, 0.1) is 5.69 Å². The van der Waals surface area contributed by atoms with E-state index in [9.17, 15) is 4.79 Å². The lowest BCUT2D eigenvalue weighted by molar-refractivity contribution is -0.119. The largest absolute Gasteiger partial charge is 0.342 e. The molecule has 1 N–H and O–H groups in total. The molecule has 1 amide bonds. The van der Waals surface area contributed by atoms with Gasteiger partial charge >= 0.3 is 0 Å². The number of amides is 1. The highest BCUT2D eigenvalue weighted by atomic mass is 16.2. The van der Waals surface area contributed by atoms with Crippen LogP contribution in [0.25, 0.3) is 5.69 Å². The maximum atomic E-state index is 12.8. The first kappa shape index (κ1) is 16.9. The van der Waals surface area contributed by atoms with E-state index in [0.717, 1.165) is 17.8 Å². The number of tetrazole rings is 1. The molecule has 1 atom stereocenters. The van der Waals surface area contributed by atoms with E-state index >= 15 is 0 Å². The molecule has 0 bridgehead atoms. The number of aryl methyl sites for hydroxylation is 1. The lowest BCUT2D eigenvalue weighted by Crippen LogP contribution is -2.26. The summed E-state index contributed by atoms with van der Waals surface area (Å²) in [6, 6.07) is 11.1. The molecule has 0 aliphatic heterocycles. The van der Waals surface area contributed by atoms with E-state index in [4.69, 9.17) is 0 Å². The molecular formula is C18H22N6O. The molecule has 0 aliphatic carbocycles. The summed E-state index contributed by atoms with van der Waals surface area (Å²) in [5.41, 5.74) is 1.53. The molecule has 7 nitrogen and oxygen atoms in total. The minimum atomic E-state index is -0.242. The number of rotatable bonds is 6. The molecule has 0 spiro atoms. The van der Waals surface area contributed by atoms with E-state index < -0.39 is 0 Å². The van der Waals surface area contributed by atoms with Crippen LogP contribution in [0.4, 0.5) is 5.69 Å². The van der Waals surface area contributed by atoms with Crippen LogP contribution in [0.5, 0.6) is 0 Å². The molecule has 2 heterocycles. The molecule has 130 valence electrons. The van der Waals surface area contributed by atoms with Gasteiger partial charge in [-0.3, -0.25) is 4.79 Å². The molecular weight excluding hydrogens is 316 g/mol. The second-order valence-electron chi connectivity index (χ2n) is 6.45. The zero-order valence-corrected chi connectivity index (χ0v) is 14.6. The number of hydrogen-bond acceptors (Lipinski definition) is 4. The van der Waals surface area contributed by atoms with Crippen LogP contribution >= 0.6 is 0 Å². The van der Waals surface area contributed by atoms with Gasteiger partial charge in [0.15, 0.2) is 5.82 Å². The third-order valence-corrected chi connectivity index (χ3v) is 3.97. The first-order chi connectivity index (χ1) is 12.0. The molecule has 0 fully saturated rings. The van der Waals surface area contributed by atoms with E-state index in [1.54, 1.807) is 4.68 Å². The Morgan fingerprint density at radius 2 is 1.96 bits per heavy atom. The lowest BCUT2D eigenvalue weighted by Gasteiger charge is -2.20. The molecule has 3 aromatic rings. The Kier molecular flexibility index (Phi) is 4.92.